The van der Waals surface area contributed by atoms with Gasteiger partial charge in [-0.3, -0.25) is 4.79 Å². The highest BCUT2D eigenvalue weighted by Crippen LogP contribution is 2.41. The molecular formula is C28H36N4O3. The second-order valence-corrected chi connectivity index (χ2v) is 10.9. The highest BCUT2D eigenvalue weighted by atomic mass is 16.5. The minimum Gasteiger partial charge on any atom is -0.497 e. The van der Waals surface area contributed by atoms with Crippen LogP contribution >= 0.6 is 0 Å². The molecule has 0 spiro atoms. The Kier molecular flexibility index (Phi) is 6.30. The van der Waals surface area contributed by atoms with Crippen molar-refractivity contribution in [3.8, 4) is 5.75 Å². The van der Waals surface area contributed by atoms with E-state index in [0.717, 1.165) is 66.0 Å². The van der Waals surface area contributed by atoms with Crippen molar-refractivity contribution in [2.24, 2.45) is 0 Å². The summed E-state index contributed by atoms with van der Waals surface area (Å²) in [4.78, 5) is 21.2. The number of aromatic nitrogens is 3. The summed E-state index contributed by atoms with van der Waals surface area (Å²) in [6.45, 7) is 10.2. The molecule has 1 atom stereocenters. The average Bonchev–Trinajstić information content (AvgIpc) is 3.45. The standard InChI is InChI=1S/C28H36N4O3/c1-18-25-23(15-24(20-11-12-20)29-26(25)32(30-18)28(2,3)4)27(33)31(17-22-10-7-13-35-22)16-19-8-6-9-21(14-19)34-5/h6,8-9,14-15,20,22H,7,10-13,16-17H2,1-5H3. The van der Waals surface area contributed by atoms with E-state index in [9.17, 15) is 4.79 Å². The van der Waals surface area contributed by atoms with E-state index in [1.807, 2.05) is 46.8 Å². The van der Waals surface area contributed by atoms with E-state index in [-0.39, 0.29) is 17.6 Å². The van der Waals surface area contributed by atoms with Crippen molar-refractivity contribution in [3.63, 3.8) is 0 Å². The predicted molar refractivity (Wildman–Crippen MR) is 136 cm³/mol. The molecule has 7 heteroatoms. The third-order valence-electron chi connectivity index (χ3n) is 6.94. The third kappa shape index (κ3) is 4.92. The molecule has 1 amide bonds. The van der Waals surface area contributed by atoms with E-state index in [1.54, 1.807) is 7.11 Å². The van der Waals surface area contributed by atoms with Crippen LogP contribution in [0.2, 0.25) is 0 Å². The second-order valence-electron chi connectivity index (χ2n) is 10.9. The summed E-state index contributed by atoms with van der Waals surface area (Å²) in [6, 6.07) is 9.96. The van der Waals surface area contributed by atoms with E-state index < -0.39 is 0 Å². The van der Waals surface area contributed by atoms with Gasteiger partial charge in [-0.05, 0) is 77.1 Å². The van der Waals surface area contributed by atoms with Gasteiger partial charge in [0.05, 0.1) is 35.4 Å². The number of pyridine rings is 1. The van der Waals surface area contributed by atoms with Crippen molar-refractivity contribution >= 4 is 16.9 Å². The summed E-state index contributed by atoms with van der Waals surface area (Å²) in [5.74, 6) is 1.23. The van der Waals surface area contributed by atoms with Crippen LogP contribution in [0.3, 0.4) is 0 Å². The Morgan fingerprint density at radius 3 is 2.69 bits per heavy atom. The van der Waals surface area contributed by atoms with Crippen LogP contribution in [-0.4, -0.2) is 51.9 Å². The number of carbonyl (C=O) groups excluding carboxylic acids is 1. The first-order valence-corrected chi connectivity index (χ1v) is 12.7. The molecule has 5 rings (SSSR count). The molecule has 2 aliphatic rings. The first-order chi connectivity index (χ1) is 16.7. The molecule has 0 radical (unpaired) electrons. The molecule has 186 valence electrons. The number of fused-ring (bicyclic) bond motifs is 1. The van der Waals surface area contributed by atoms with Gasteiger partial charge in [0.1, 0.15) is 5.75 Å². The number of aryl methyl sites for hydroxylation is 1. The summed E-state index contributed by atoms with van der Waals surface area (Å²) in [5.41, 5.74) is 4.15. The van der Waals surface area contributed by atoms with Crippen LogP contribution in [0.25, 0.3) is 11.0 Å². The van der Waals surface area contributed by atoms with Crippen molar-refractivity contribution < 1.29 is 14.3 Å². The topological polar surface area (TPSA) is 69.5 Å². The fraction of sp³-hybridized carbons (Fsp3) is 0.536. The number of hydrogen-bond acceptors (Lipinski definition) is 5. The lowest BCUT2D eigenvalue weighted by Gasteiger charge is -2.26. The van der Waals surface area contributed by atoms with Gasteiger partial charge in [-0.15, -0.1) is 0 Å². The van der Waals surface area contributed by atoms with Crippen molar-refractivity contribution in [1.29, 1.82) is 0 Å². The highest BCUT2D eigenvalue weighted by Gasteiger charge is 2.32. The molecule has 1 aromatic carbocycles. The highest BCUT2D eigenvalue weighted by molar-refractivity contribution is 6.06. The monoisotopic (exact) mass is 476 g/mol. The Balaban J connectivity index is 1.59. The van der Waals surface area contributed by atoms with Crippen molar-refractivity contribution in [2.45, 2.75) is 77.5 Å². The molecule has 3 aromatic rings. The van der Waals surface area contributed by atoms with Gasteiger partial charge in [0, 0.05) is 31.3 Å². The number of methoxy groups -OCH3 is 1. The Morgan fingerprint density at radius 1 is 1.23 bits per heavy atom. The Labute approximate surface area is 207 Å². The van der Waals surface area contributed by atoms with Crippen LogP contribution in [0.15, 0.2) is 30.3 Å². The predicted octanol–water partition coefficient (Wildman–Crippen LogP) is 5.20. The lowest BCUT2D eigenvalue weighted by molar-refractivity contribution is 0.0508. The SMILES string of the molecule is COc1cccc(CN(CC2CCCO2)C(=O)c2cc(C3CC3)nc3c2c(C)nn3C(C)(C)C)c1. The minimum atomic E-state index is -0.236. The summed E-state index contributed by atoms with van der Waals surface area (Å²) >= 11 is 0. The smallest absolute Gasteiger partial charge is 0.255 e. The Morgan fingerprint density at radius 2 is 2.03 bits per heavy atom. The number of rotatable bonds is 7. The largest absolute Gasteiger partial charge is 0.497 e. The number of hydrogen-bond donors (Lipinski definition) is 0. The number of carbonyl (C=O) groups is 1. The number of amides is 1. The molecule has 1 aliphatic heterocycles. The van der Waals surface area contributed by atoms with Gasteiger partial charge in [-0.1, -0.05) is 12.1 Å². The van der Waals surface area contributed by atoms with Gasteiger partial charge < -0.3 is 14.4 Å². The lowest BCUT2D eigenvalue weighted by Crippen LogP contribution is -2.37. The zero-order valence-electron chi connectivity index (χ0n) is 21.5. The molecule has 3 heterocycles. The molecule has 7 nitrogen and oxygen atoms in total. The minimum absolute atomic E-state index is 0.00850. The van der Waals surface area contributed by atoms with E-state index in [1.165, 1.54) is 0 Å². The Bertz CT molecular complexity index is 1230. The van der Waals surface area contributed by atoms with Gasteiger partial charge in [0.25, 0.3) is 5.91 Å². The van der Waals surface area contributed by atoms with Crippen molar-refractivity contribution in [3.05, 3.63) is 52.8 Å². The molecule has 1 saturated heterocycles. The number of ether oxygens (including phenoxy) is 2. The third-order valence-corrected chi connectivity index (χ3v) is 6.94. The Hall–Kier alpha value is -2.93. The molecule has 1 saturated carbocycles. The van der Waals surface area contributed by atoms with Gasteiger partial charge in [0.15, 0.2) is 5.65 Å². The van der Waals surface area contributed by atoms with E-state index >= 15 is 0 Å². The normalized spacial score (nSPS) is 18.3. The summed E-state index contributed by atoms with van der Waals surface area (Å²) in [6.07, 6.45) is 4.32. The molecule has 1 aliphatic carbocycles. The molecule has 1 unspecified atom stereocenters. The average molecular weight is 477 g/mol. The summed E-state index contributed by atoms with van der Waals surface area (Å²) in [5, 5.41) is 5.70. The van der Waals surface area contributed by atoms with Gasteiger partial charge in [0.2, 0.25) is 0 Å². The summed E-state index contributed by atoms with van der Waals surface area (Å²) in [7, 11) is 1.66. The summed E-state index contributed by atoms with van der Waals surface area (Å²) < 4.78 is 13.3. The van der Waals surface area contributed by atoms with E-state index in [4.69, 9.17) is 19.6 Å². The maximum Gasteiger partial charge on any atom is 0.255 e. The first kappa shape index (κ1) is 23.8. The van der Waals surface area contributed by atoms with Gasteiger partial charge >= 0.3 is 0 Å². The molecular weight excluding hydrogens is 440 g/mol. The lowest BCUT2D eigenvalue weighted by atomic mass is 10.0. The number of nitrogens with zero attached hydrogens (tertiary/aromatic N) is 4. The van der Waals surface area contributed by atoms with Crippen LogP contribution in [0.5, 0.6) is 5.75 Å². The quantitative estimate of drug-likeness (QED) is 0.469. The van der Waals surface area contributed by atoms with Crippen LogP contribution in [0.1, 0.15) is 79.7 Å². The van der Waals surface area contributed by atoms with Gasteiger partial charge in [-0.25, -0.2) is 9.67 Å². The first-order valence-electron chi connectivity index (χ1n) is 12.7. The maximum absolute atomic E-state index is 14.3. The van der Waals surface area contributed by atoms with E-state index in [0.29, 0.717) is 24.6 Å². The zero-order chi connectivity index (χ0) is 24.7. The van der Waals surface area contributed by atoms with Crippen molar-refractivity contribution in [2.75, 3.05) is 20.3 Å². The van der Waals surface area contributed by atoms with Crippen LogP contribution in [-0.2, 0) is 16.8 Å². The second kappa shape index (κ2) is 9.26. The van der Waals surface area contributed by atoms with Crippen LogP contribution < -0.4 is 4.74 Å². The van der Waals surface area contributed by atoms with Crippen molar-refractivity contribution in [1.82, 2.24) is 19.7 Å². The molecule has 0 N–H and O–H groups in total. The number of benzene rings is 1. The van der Waals surface area contributed by atoms with Crippen LogP contribution in [0.4, 0.5) is 0 Å². The molecule has 2 fully saturated rings. The maximum atomic E-state index is 14.3. The van der Waals surface area contributed by atoms with E-state index in [2.05, 4.69) is 20.8 Å². The van der Waals surface area contributed by atoms with Gasteiger partial charge in [-0.2, -0.15) is 5.10 Å². The molecule has 35 heavy (non-hydrogen) atoms. The zero-order valence-corrected chi connectivity index (χ0v) is 21.5. The van der Waals surface area contributed by atoms with Crippen LogP contribution in [0, 0.1) is 6.92 Å². The fourth-order valence-electron chi connectivity index (χ4n) is 4.95. The molecule has 2 aromatic heterocycles. The molecule has 0 bridgehead atoms. The fourth-order valence-corrected chi connectivity index (χ4v) is 4.95.